The zero-order chi connectivity index (χ0) is 14.4. The lowest BCUT2D eigenvalue weighted by Crippen LogP contribution is -2.31. The van der Waals surface area contributed by atoms with E-state index in [0.29, 0.717) is 12.2 Å². The van der Waals surface area contributed by atoms with Gasteiger partial charge in [-0.2, -0.15) is 0 Å². The van der Waals surface area contributed by atoms with Crippen molar-refractivity contribution in [2.75, 3.05) is 23.3 Å². The maximum absolute atomic E-state index is 11.2. The number of anilines is 2. The number of carboxylic acids is 1. The number of nitrogens with zero attached hydrogens (tertiary/aromatic N) is 3. The lowest BCUT2D eigenvalue weighted by molar-refractivity contribution is -0.138. The van der Waals surface area contributed by atoms with Crippen molar-refractivity contribution in [3.63, 3.8) is 0 Å². The van der Waals surface area contributed by atoms with Gasteiger partial charge in [0.2, 0.25) is 0 Å². The van der Waals surface area contributed by atoms with Gasteiger partial charge in [0.1, 0.15) is 24.0 Å². The Morgan fingerprint density at radius 3 is 2.80 bits per heavy atom. The molecule has 110 valence electrons. The summed E-state index contributed by atoms with van der Waals surface area (Å²) in [7, 11) is 0. The van der Waals surface area contributed by atoms with E-state index in [9.17, 15) is 4.79 Å². The van der Waals surface area contributed by atoms with E-state index in [0.717, 1.165) is 25.3 Å². The molecule has 2 heterocycles. The Bertz CT molecular complexity index is 447. The SMILES string of the molecule is CCCC(Nc1cc(N2CCCCC2)ncn1)C(=O)O. The molecular weight excluding hydrogens is 256 g/mol. The fourth-order valence-electron chi connectivity index (χ4n) is 2.45. The average molecular weight is 278 g/mol. The minimum absolute atomic E-state index is 0.582. The molecule has 2 N–H and O–H groups in total. The van der Waals surface area contributed by atoms with Gasteiger partial charge in [-0.25, -0.2) is 14.8 Å². The Hall–Kier alpha value is -1.85. The van der Waals surface area contributed by atoms with Crippen LogP contribution in [0.4, 0.5) is 11.6 Å². The number of piperidine rings is 1. The van der Waals surface area contributed by atoms with Crippen LogP contribution in [0.2, 0.25) is 0 Å². The molecule has 1 unspecified atom stereocenters. The van der Waals surface area contributed by atoms with Crippen LogP contribution in [-0.2, 0) is 4.79 Å². The fourth-order valence-corrected chi connectivity index (χ4v) is 2.45. The molecule has 1 saturated heterocycles. The summed E-state index contributed by atoms with van der Waals surface area (Å²) >= 11 is 0. The Labute approximate surface area is 119 Å². The van der Waals surface area contributed by atoms with Crippen molar-refractivity contribution in [1.82, 2.24) is 9.97 Å². The van der Waals surface area contributed by atoms with Gasteiger partial charge in [0.05, 0.1) is 0 Å². The first kappa shape index (κ1) is 14.6. The first-order chi connectivity index (χ1) is 9.70. The van der Waals surface area contributed by atoms with Crippen molar-refractivity contribution in [2.45, 2.75) is 45.1 Å². The van der Waals surface area contributed by atoms with E-state index in [1.807, 2.05) is 13.0 Å². The molecule has 1 aliphatic heterocycles. The summed E-state index contributed by atoms with van der Waals surface area (Å²) in [5, 5.41) is 12.1. The molecule has 0 bridgehead atoms. The number of aliphatic carboxylic acids is 1. The third-order valence-electron chi connectivity index (χ3n) is 3.53. The van der Waals surface area contributed by atoms with E-state index < -0.39 is 12.0 Å². The van der Waals surface area contributed by atoms with Gasteiger partial charge in [0.25, 0.3) is 0 Å². The van der Waals surface area contributed by atoms with Crippen LogP contribution in [0.1, 0.15) is 39.0 Å². The molecule has 20 heavy (non-hydrogen) atoms. The highest BCUT2D eigenvalue weighted by Gasteiger charge is 2.18. The van der Waals surface area contributed by atoms with Gasteiger partial charge in [-0.3, -0.25) is 0 Å². The van der Waals surface area contributed by atoms with Gasteiger partial charge in [0, 0.05) is 19.2 Å². The molecule has 0 radical (unpaired) electrons. The van der Waals surface area contributed by atoms with Crippen molar-refractivity contribution in [2.24, 2.45) is 0 Å². The largest absolute Gasteiger partial charge is 0.480 e. The molecule has 6 nitrogen and oxygen atoms in total. The van der Waals surface area contributed by atoms with E-state index in [1.165, 1.54) is 25.6 Å². The maximum atomic E-state index is 11.2. The Balaban J connectivity index is 2.06. The quantitative estimate of drug-likeness (QED) is 0.830. The first-order valence-electron chi connectivity index (χ1n) is 7.27. The number of hydrogen-bond acceptors (Lipinski definition) is 5. The van der Waals surface area contributed by atoms with Crippen molar-refractivity contribution >= 4 is 17.6 Å². The third kappa shape index (κ3) is 3.82. The Morgan fingerprint density at radius 1 is 1.40 bits per heavy atom. The Morgan fingerprint density at radius 2 is 2.15 bits per heavy atom. The van der Waals surface area contributed by atoms with Crippen LogP contribution in [-0.4, -0.2) is 40.2 Å². The van der Waals surface area contributed by atoms with E-state index in [2.05, 4.69) is 20.2 Å². The predicted octanol–water partition coefficient (Wildman–Crippen LogP) is 2.13. The molecule has 0 amide bonds. The smallest absolute Gasteiger partial charge is 0.326 e. The van der Waals surface area contributed by atoms with E-state index >= 15 is 0 Å². The van der Waals surface area contributed by atoms with Crippen molar-refractivity contribution in [1.29, 1.82) is 0 Å². The third-order valence-corrected chi connectivity index (χ3v) is 3.53. The molecule has 2 rings (SSSR count). The average Bonchev–Trinajstić information content (AvgIpc) is 2.48. The maximum Gasteiger partial charge on any atom is 0.326 e. The standard InChI is InChI=1S/C14H22N4O2/c1-2-6-11(14(19)20)17-12-9-13(16-10-15-12)18-7-4-3-5-8-18/h9-11H,2-8H2,1H3,(H,19,20)(H,15,16,17). The number of rotatable bonds is 6. The van der Waals surface area contributed by atoms with Gasteiger partial charge in [0.15, 0.2) is 0 Å². The molecule has 1 aliphatic rings. The summed E-state index contributed by atoms with van der Waals surface area (Å²) in [4.78, 5) is 21.8. The van der Waals surface area contributed by atoms with Crippen LogP contribution in [0.3, 0.4) is 0 Å². The van der Waals surface area contributed by atoms with Crippen LogP contribution >= 0.6 is 0 Å². The fraction of sp³-hybridized carbons (Fsp3) is 0.643. The first-order valence-corrected chi connectivity index (χ1v) is 7.27. The van der Waals surface area contributed by atoms with E-state index in [1.54, 1.807) is 0 Å². The zero-order valence-corrected chi connectivity index (χ0v) is 11.9. The number of carboxylic acid groups (broad SMARTS) is 1. The molecule has 0 aromatic carbocycles. The van der Waals surface area contributed by atoms with Crippen LogP contribution in [0, 0.1) is 0 Å². The number of carbonyl (C=O) groups is 1. The van der Waals surface area contributed by atoms with Gasteiger partial charge in [-0.15, -0.1) is 0 Å². The molecule has 1 atom stereocenters. The summed E-state index contributed by atoms with van der Waals surface area (Å²) in [5.74, 6) is 0.620. The minimum Gasteiger partial charge on any atom is -0.480 e. The second-order valence-electron chi connectivity index (χ2n) is 5.13. The lowest BCUT2D eigenvalue weighted by Gasteiger charge is -2.27. The second-order valence-corrected chi connectivity index (χ2v) is 5.13. The van der Waals surface area contributed by atoms with Crippen LogP contribution in [0.25, 0.3) is 0 Å². The van der Waals surface area contributed by atoms with Crippen molar-refractivity contribution in [3.05, 3.63) is 12.4 Å². The van der Waals surface area contributed by atoms with Crippen LogP contribution in [0.15, 0.2) is 12.4 Å². The number of nitrogens with one attached hydrogen (secondary N) is 1. The van der Waals surface area contributed by atoms with Crippen molar-refractivity contribution in [3.8, 4) is 0 Å². The van der Waals surface area contributed by atoms with Crippen LogP contribution < -0.4 is 10.2 Å². The summed E-state index contributed by atoms with van der Waals surface area (Å²) in [6, 6.07) is 1.25. The van der Waals surface area contributed by atoms with Gasteiger partial charge in [-0.1, -0.05) is 13.3 Å². The molecule has 6 heteroatoms. The summed E-state index contributed by atoms with van der Waals surface area (Å²) < 4.78 is 0. The monoisotopic (exact) mass is 278 g/mol. The molecule has 0 saturated carbocycles. The summed E-state index contributed by atoms with van der Waals surface area (Å²) in [6.07, 6.45) is 6.52. The van der Waals surface area contributed by atoms with E-state index in [4.69, 9.17) is 5.11 Å². The highest BCUT2D eigenvalue weighted by atomic mass is 16.4. The Kier molecular flexibility index (Phi) is 5.15. The highest BCUT2D eigenvalue weighted by molar-refractivity contribution is 5.77. The minimum atomic E-state index is -0.843. The van der Waals surface area contributed by atoms with Crippen LogP contribution in [0.5, 0.6) is 0 Å². The van der Waals surface area contributed by atoms with Gasteiger partial charge in [-0.05, 0) is 25.7 Å². The zero-order valence-electron chi connectivity index (χ0n) is 11.9. The second kappa shape index (κ2) is 7.07. The van der Waals surface area contributed by atoms with Crippen molar-refractivity contribution < 1.29 is 9.90 Å². The highest BCUT2D eigenvalue weighted by Crippen LogP contribution is 2.19. The lowest BCUT2D eigenvalue weighted by atomic mass is 10.1. The molecule has 1 fully saturated rings. The topological polar surface area (TPSA) is 78.3 Å². The summed E-state index contributed by atoms with van der Waals surface area (Å²) in [6.45, 7) is 3.98. The molecule has 0 aliphatic carbocycles. The predicted molar refractivity (Wildman–Crippen MR) is 78.1 cm³/mol. The molecule has 1 aromatic heterocycles. The normalized spacial score (nSPS) is 16.8. The molecular formula is C14H22N4O2. The van der Waals surface area contributed by atoms with E-state index in [-0.39, 0.29) is 0 Å². The summed E-state index contributed by atoms with van der Waals surface area (Å²) in [5.41, 5.74) is 0. The number of aromatic nitrogens is 2. The molecule has 0 spiro atoms. The van der Waals surface area contributed by atoms with Gasteiger partial charge >= 0.3 is 5.97 Å². The number of hydrogen-bond donors (Lipinski definition) is 2. The molecule has 1 aromatic rings. The van der Waals surface area contributed by atoms with Gasteiger partial charge < -0.3 is 15.3 Å².